The van der Waals surface area contributed by atoms with E-state index in [0.717, 1.165) is 33.3 Å². The molecule has 88 valence electrons. The van der Waals surface area contributed by atoms with E-state index in [4.69, 9.17) is 22.1 Å². The van der Waals surface area contributed by atoms with Crippen molar-refractivity contribution in [1.82, 2.24) is 4.98 Å². The first-order valence-corrected chi connectivity index (χ1v) is 6.62. The lowest BCUT2D eigenvalue weighted by atomic mass is 10.1. The zero-order chi connectivity index (χ0) is 11.8. The molecule has 0 amide bonds. The van der Waals surface area contributed by atoms with Gasteiger partial charge in [-0.2, -0.15) is 0 Å². The third-order valence-electron chi connectivity index (χ3n) is 2.79. The summed E-state index contributed by atoms with van der Waals surface area (Å²) < 4.78 is 5.85. The zero-order valence-electron chi connectivity index (χ0n) is 9.02. The van der Waals surface area contributed by atoms with Gasteiger partial charge in [0, 0.05) is 35.1 Å². The van der Waals surface area contributed by atoms with E-state index in [1.54, 1.807) is 17.5 Å². The molecule has 0 radical (unpaired) electrons. The first-order chi connectivity index (χ1) is 8.28. The summed E-state index contributed by atoms with van der Waals surface area (Å²) in [6.45, 7) is 0.517. The van der Waals surface area contributed by atoms with Crippen LogP contribution in [0.25, 0.3) is 10.6 Å². The molecule has 1 aromatic carbocycles. The molecule has 3 nitrogen and oxygen atoms in total. The summed E-state index contributed by atoms with van der Waals surface area (Å²) in [5.74, 6) is 0.889. The molecule has 2 aromatic rings. The van der Waals surface area contributed by atoms with Crippen LogP contribution in [0.15, 0.2) is 23.7 Å². The molecule has 0 spiro atoms. The van der Waals surface area contributed by atoms with Crippen LogP contribution in [0.3, 0.4) is 0 Å². The maximum atomic E-state index is 6.13. The van der Waals surface area contributed by atoms with E-state index in [0.29, 0.717) is 6.54 Å². The number of hydrogen-bond donors (Lipinski definition) is 1. The fourth-order valence-corrected chi connectivity index (χ4v) is 2.93. The van der Waals surface area contributed by atoms with E-state index in [-0.39, 0.29) is 6.10 Å². The van der Waals surface area contributed by atoms with E-state index in [2.05, 4.69) is 4.98 Å². The number of ether oxygens (including phenoxy) is 1. The number of rotatable bonds is 2. The number of nitrogens with zero attached hydrogens (tertiary/aromatic N) is 1. The van der Waals surface area contributed by atoms with Crippen LogP contribution < -0.4 is 10.5 Å². The molecule has 5 heteroatoms. The Bertz CT molecular complexity index is 542. The molecule has 17 heavy (non-hydrogen) atoms. The summed E-state index contributed by atoms with van der Waals surface area (Å²) in [4.78, 5) is 4.30. The Morgan fingerprint density at radius 3 is 3.12 bits per heavy atom. The third kappa shape index (κ3) is 1.92. The molecule has 1 aliphatic heterocycles. The van der Waals surface area contributed by atoms with Gasteiger partial charge in [-0.05, 0) is 12.1 Å². The third-order valence-corrected chi connectivity index (χ3v) is 3.81. The Kier molecular flexibility index (Phi) is 2.78. The van der Waals surface area contributed by atoms with E-state index < -0.39 is 0 Å². The van der Waals surface area contributed by atoms with Crippen molar-refractivity contribution in [2.24, 2.45) is 5.73 Å². The van der Waals surface area contributed by atoms with Crippen molar-refractivity contribution in [3.8, 4) is 16.3 Å². The van der Waals surface area contributed by atoms with Crippen LogP contribution in [0.4, 0.5) is 0 Å². The fourth-order valence-electron chi connectivity index (χ4n) is 2.04. The highest BCUT2D eigenvalue weighted by Crippen LogP contribution is 2.41. The molecular weight excluding hydrogens is 256 g/mol. The molecule has 0 aliphatic carbocycles. The molecule has 0 saturated carbocycles. The summed E-state index contributed by atoms with van der Waals surface area (Å²) >= 11 is 7.70. The van der Waals surface area contributed by atoms with Crippen molar-refractivity contribution >= 4 is 22.9 Å². The highest BCUT2D eigenvalue weighted by atomic mass is 35.5. The minimum atomic E-state index is 0.0576. The van der Waals surface area contributed by atoms with Gasteiger partial charge in [0.1, 0.15) is 16.9 Å². The monoisotopic (exact) mass is 266 g/mol. The minimum Gasteiger partial charge on any atom is -0.488 e. The molecule has 2 heterocycles. The van der Waals surface area contributed by atoms with Gasteiger partial charge < -0.3 is 10.5 Å². The number of benzene rings is 1. The molecule has 2 N–H and O–H groups in total. The van der Waals surface area contributed by atoms with Crippen LogP contribution >= 0.6 is 22.9 Å². The number of nitrogens with two attached hydrogens (primary N) is 1. The van der Waals surface area contributed by atoms with Crippen molar-refractivity contribution in [3.63, 3.8) is 0 Å². The van der Waals surface area contributed by atoms with Gasteiger partial charge >= 0.3 is 0 Å². The van der Waals surface area contributed by atoms with Gasteiger partial charge in [-0.25, -0.2) is 4.98 Å². The van der Waals surface area contributed by atoms with E-state index in [1.807, 2.05) is 17.5 Å². The lowest BCUT2D eigenvalue weighted by Crippen LogP contribution is -2.24. The Morgan fingerprint density at radius 1 is 1.53 bits per heavy atom. The fraction of sp³-hybridized carbons (Fsp3) is 0.250. The molecule has 1 aliphatic rings. The lowest BCUT2D eigenvalue weighted by molar-refractivity contribution is 0.242. The summed E-state index contributed by atoms with van der Waals surface area (Å²) in [5.41, 5.74) is 7.74. The number of thiazole rings is 1. The average Bonchev–Trinajstić information content (AvgIpc) is 2.96. The molecule has 3 rings (SSSR count). The van der Waals surface area contributed by atoms with Crippen LogP contribution in [-0.4, -0.2) is 17.6 Å². The SMILES string of the molecule is NC[C@H]1Cc2cc(Cl)cc(-c3nccs3)c2O1. The van der Waals surface area contributed by atoms with Gasteiger partial charge in [0.15, 0.2) is 0 Å². The standard InChI is InChI=1S/C12H11ClN2OS/c13-8-3-7-4-9(6-14)16-11(7)10(5-8)12-15-1-2-17-12/h1-3,5,9H,4,6,14H2/t9-/m1/s1. The Balaban J connectivity index is 2.12. The molecule has 0 unspecified atom stereocenters. The van der Waals surface area contributed by atoms with Crippen molar-refractivity contribution < 1.29 is 4.74 Å². The van der Waals surface area contributed by atoms with E-state index in [9.17, 15) is 0 Å². The van der Waals surface area contributed by atoms with Gasteiger partial charge in [-0.3, -0.25) is 0 Å². The van der Waals surface area contributed by atoms with Crippen molar-refractivity contribution in [2.75, 3.05) is 6.54 Å². The highest BCUT2D eigenvalue weighted by molar-refractivity contribution is 7.13. The minimum absolute atomic E-state index is 0.0576. The normalized spacial score (nSPS) is 17.9. The summed E-state index contributed by atoms with van der Waals surface area (Å²) in [7, 11) is 0. The van der Waals surface area contributed by atoms with Gasteiger partial charge in [0.25, 0.3) is 0 Å². The van der Waals surface area contributed by atoms with Crippen LogP contribution in [0.5, 0.6) is 5.75 Å². The van der Waals surface area contributed by atoms with E-state index >= 15 is 0 Å². The second-order valence-corrected chi connectivity index (χ2v) is 5.29. The Labute approximate surface area is 108 Å². The van der Waals surface area contributed by atoms with Gasteiger partial charge in [0.2, 0.25) is 0 Å². The first kappa shape index (κ1) is 11.0. The van der Waals surface area contributed by atoms with Crippen molar-refractivity contribution in [1.29, 1.82) is 0 Å². The maximum absolute atomic E-state index is 6.13. The molecule has 0 saturated heterocycles. The largest absolute Gasteiger partial charge is 0.488 e. The average molecular weight is 267 g/mol. The maximum Gasteiger partial charge on any atom is 0.133 e. The Morgan fingerprint density at radius 2 is 2.41 bits per heavy atom. The molecule has 1 aromatic heterocycles. The Hall–Kier alpha value is -1.10. The predicted octanol–water partition coefficient (Wildman–Crippen LogP) is 2.73. The van der Waals surface area contributed by atoms with Crippen LogP contribution in [0, 0.1) is 0 Å². The lowest BCUT2D eigenvalue weighted by Gasteiger charge is -2.09. The predicted molar refractivity (Wildman–Crippen MR) is 69.7 cm³/mol. The topological polar surface area (TPSA) is 48.1 Å². The van der Waals surface area contributed by atoms with Gasteiger partial charge in [0.05, 0.1) is 5.56 Å². The van der Waals surface area contributed by atoms with Crippen LogP contribution in [0.2, 0.25) is 5.02 Å². The van der Waals surface area contributed by atoms with Gasteiger partial charge in [-0.1, -0.05) is 11.6 Å². The molecular formula is C12H11ClN2OS. The summed E-state index contributed by atoms with van der Waals surface area (Å²) in [6.07, 6.45) is 2.66. The summed E-state index contributed by atoms with van der Waals surface area (Å²) in [6, 6.07) is 3.85. The first-order valence-electron chi connectivity index (χ1n) is 5.37. The highest BCUT2D eigenvalue weighted by Gasteiger charge is 2.26. The van der Waals surface area contributed by atoms with Gasteiger partial charge in [-0.15, -0.1) is 11.3 Å². The number of fused-ring (bicyclic) bond motifs is 1. The molecule has 0 fully saturated rings. The second-order valence-electron chi connectivity index (χ2n) is 3.96. The quantitative estimate of drug-likeness (QED) is 0.909. The molecule has 1 atom stereocenters. The smallest absolute Gasteiger partial charge is 0.133 e. The number of aromatic nitrogens is 1. The number of hydrogen-bond acceptors (Lipinski definition) is 4. The molecule has 0 bridgehead atoms. The van der Waals surface area contributed by atoms with Crippen LogP contribution in [0.1, 0.15) is 5.56 Å². The van der Waals surface area contributed by atoms with Crippen molar-refractivity contribution in [2.45, 2.75) is 12.5 Å². The summed E-state index contributed by atoms with van der Waals surface area (Å²) in [5, 5.41) is 3.59. The number of halogens is 1. The second kappa shape index (κ2) is 4.29. The zero-order valence-corrected chi connectivity index (χ0v) is 10.6. The van der Waals surface area contributed by atoms with Crippen molar-refractivity contribution in [3.05, 3.63) is 34.3 Å². The van der Waals surface area contributed by atoms with E-state index in [1.165, 1.54) is 0 Å². The van der Waals surface area contributed by atoms with Crippen LogP contribution in [-0.2, 0) is 6.42 Å².